The monoisotopic (exact) mass is 242 g/mol. The van der Waals surface area contributed by atoms with Gasteiger partial charge >= 0.3 is 0 Å². The van der Waals surface area contributed by atoms with Crippen molar-refractivity contribution >= 4 is 22.5 Å². The Labute approximate surface area is 104 Å². The summed E-state index contributed by atoms with van der Waals surface area (Å²) >= 11 is 0. The number of aryl methyl sites for hydroxylation is 1. The molecule has 1 heterocycles. The molecular formula is C14H14N2O2. The second kappa shape index (κ2) is 3.98. The first-order valence-electron chi connectivity index (χ1n) is 6.08. The number of carbonyl (C=O) groups excluding carboxylic acids is 1. The van der Waals surface area contributed by atoms with Gasteiger partial charge in [0.1, 0.15) is 0 Å². The summed E-state index contributed by atoms with van der Waals surface area (Å²) < 4.78 is 0. The largest absolute Gasteiger partial charge is 0.326 e. The zero-order valence-electron chi connectivity index (χ0n) is 10.1. The van der Waals surface area contributed by atoms with Gasteiger partial charge in [0.15, 0.2) is 0 Å². The topological polar surface area (TPSA) is 62.0 Å². The number of hydrogen-bond donors (Lipinski definition) is 2. The highest BCUT2D eigenvalue weighted by atomic mass is 16.2. The average molecular weight is 242 g/mol. The Morgan fingerprint density at radius 1 is 1.33 bits per heavy atom. The second-order valence-corrected chi connectivity index (χ2v) is 4.84. The number of nitrogens with one attached hydrogen (secondary N) is 2. The maximum absolute atomic E-state index is 11.7. The minimum Gasteiger partial charge on any atom is -0.326 e. The van der Waals surface area contributed by atoms with Gasteiger partial charge in [-0.3, -0.25) is 9.59 Å². The Balaban J connectivity index is 1.99. The molecule has 3 rings (SSSR count). The van der Waals surface area contributed by atoms with Crippen molar-refractivity contribution < 1.29 is 4.79 Å². The van der Waals surface area contributed by atoms with Gasteiger partial charge in [-0.25, -0.2) is 0 Å². The van der Waals surface area contributed by atoms with E-state index in [0.29, 0.717) is 0 Å². The first-order valence-corrected chi connectivity index (χ1v) is 6.08. The fourth-order valence-electron chi connectivity index (χ4n) is 2.09. The van der Waals surface area contributed by atoms with Crippen molar-refractivity contribution in [3.63, 3.8) is 0 Å². The first kappa shape index (κ1) is 11.0. The summed E-state index contributed by atoms with van der Waals surface area (Å²) in [5, 5.41) is 3.87. The van der Waals surface area contributed by atoms with E-state index in [0.717, 1.165) is 35.0 Å². The summed E-state index contributed by atoms with van der Waals surface area (Å²) in [4.78, 5) is 25.8. The molecule has 92 valence electrons. The van der Waals surface area contributed by atoms with Gasteiger partial charge in [0, 0.05) is 28.6 Å². The molecule has 2 N–H and O–H groups in total. The highest BCUT2D eigenvalue weighted by Crippen LogP contribution is 2.30. The van der Waals surface area contributed by atoms with Gasteiger partial charge in [-0.1, -0.05) is 0 Å². The van der Waals surface area contributed by atoms with E-state index >= 15 is 0 Å². The van der Waals surface area contributed by atoms with E-state index in [2.05, 4.69) is 10.3 Å². The average Bonchev–Trinajstić information content (AvgIpc) is 3.13. The Bertz CT molecular complexity index is 684. The van der Waals surface area contributed by atoms with Crippen molar-refractivity contribution in [2.24, 2.45) is 5.92 Å². The molecule has 1 amide bonds. The van der Waals surface area contributed by atoms with Crippen LogP contribution in [0.25, 0.3) is 10.9 Å². The van der Waals surface area contributed by atoms with E-state index in [4.69, 9.17) is 0 Å². The molecule has 0 saturated heterocycles. The van der Waals surface area contributed by atoms with E-state index in [-0.39, 0.29) is 17.4 Å². The number of aromatic amines is 1. The third-order valence-electron chi connectivity index (χ3n) is 3.27. The molecule has 0 radical (unpaired) electrons. The molecule has 1 aromatic heterocycles. The molecule has 1 aliphatic rings. The highest BCUT2D eigenvalue weighted by Gasteiger charge is 2.29. The lowest BCUT2D eigenvalue weighted by atomic mass is 10.1. The van der Waals surface area contributed by atoms with Crippen LogP contribution in [0.4, 0.5) is 5.69 Å². The third-order valence-corrected chi connectivity index (χ3v) is 3.27. The molecular weight excluding hydrogens is 228 g/mol. The van der Waals surface area contributed by atoms with Gasteiger partial charge in [-0.05, 0) is 43.5 Å². The molecule has 2 aromatic rings. The molecule has 18 heavy (non-hydrogen) atoms. The Hall–Kier alpha value is -2.10. The minimum absolute atomic E-state index is 0.0939. The molecule has 4 heteroatoms. The smallest absolute Gasteiger partial charge is 0.248 e. The van der Waals surface area contributed by atoms with E-state index in [1.54, 1.807) is 6.07 Å². The molecule has 0 unspecified atom stereocenters. The van der Waals surface area contributed by atoms with Crippen molar-refractivity contribution in [2.75, 3.05) is 5.32 Å². The summed E-state index contributed by atoms with van der Waals surface area (Å²) in [7, 11) is 0. The van der Waals surface area contributed by atoms with Crippen LogP contribution in [0.3, 0.4) is 0 Å². The summed E-state index contributed by atoms with van der Waals surface area (Å²) in [5.74, 6) is 0.286. The van der Waals surface area contributed by atoms with E-state index in [1.165, 1.54) is 0 Å². The second-order valence-electron chi connectivity index (χ2n) is 4.84. The summed E-state index contributed by atoms with van der Waals surface area (Å²) in [6, 6.07) is 7.11. The maximum Gasteiger partial charge on any atom is 0.248 e. The fourth-order valence-corrected chi connectivity index (χ4v) is 2.09. The molecule has 1 aliphatic carbocycles. The van der Waals surface area contributed by atoms with Crippen LogP contribution in [-0.2, 0) is 4.79 Å². The number of carbonyl (C=O) groups is 1. The van der Waals surface area contributed by atoms with E-state index < -0.39 is 0 Å². The molecule has 0 aliphatic heterocycles. The van der Waals surface area contributed by atoms with Crippen LogP contribution in [0.15, 0.2) is 29.1 Å². The van der Waals surface area contributed by atoms with Gasteiger partial charge in [0.05, 0.1) is 0 Å². The third kappa shape index (κ3) is 2.01. The van der Waals surface area contributed by atoms with Crippen molar-refractivity contribution in [1.82, 2.24) is 4.98 Å². The normalized spacial score (nSPS) is 14.7. The highest BCUT2D eigenvalue weighted by molar-refractivity contribution is 5.96. The van der Waals surface area contributed by atoms with Crippen molar-refractivity contribution in [1.29, 1.82) is 0 Å². The Kier molecular flexibility index (Phi) is 2.44. The van der Waals surface area contributed by atoms with E-state index in [1.807, 2.05) is 25.1 Å². The fraction of sp³-hybridized carbons (Fsp3) is 0.286. The molecule has 0 atom stereocenters. The van der Waals surface area contributed by atoms with Crippen molar-refractivity contribution in [3.05, 3.63) is 40.2 Å². The van der Waals surface area contributed by atoms with Crippen LogP contribution in [0.1, 0.15) is 18.4 Å². The molecule has 0 spiro atoms. The van der Waals surface area contributed by atoms with E-state index in [9.17, 15) is 9.59 Å². The lowest BCUT2D eigenvalue weighted by Gasteiger charge is -2.07. The maximum atomic E-state index is 11.7. The number of anilines is 1. The predicted molar refractivity (Wildman–Crippen MR) is 70.7 cm³/mol. The summed E-state index contributed by atoms with van der Waals surface area (Å²) in [5.41, 5.74) is 2.39. The number of rotatable bonds is 2. The van der Waals surface area contributed by atoms with Gasteiger partial charge < -0.3 is 10.3 Å². The van der Waals surface area contributed by atoms with Gasteiger partial charge in [-0.2, -0.15) is 0 Å². The molecule has 4 nitrogen and oxygen atoms in total. The van der Waals surface area contributed by atoms with Crippen LogP contribution in [-0.4, -0.2) is 10.9 Å². The molecule has 1 saturated carbocycles. The van der Waals surface area contributed by atoms with Gasteiger partial charge in [0.2, 0.25) is 11.5 Å². The number of amides is 1. The standard InChI is InChI=1S/C14H14N2O2/c1-8-6-13(17)16-12-5-4-10(7-11(8)12)15-14(18)9-2-3-9/h4-7,9H,2-3H2,1H3,(H,15,18)(H,16,17). The number of H-pyrrole nitrogens is 1. The quantitative estimate of drug-likeness (QED) is 0.847. The van der Waals surface area contributed by atoms with Crippen LogP contribution in [0.2, 0.25) is 0 Å². The number of fused-ring (bicyclic) bond motifs is 1. The zero-order chi connectivity index (χ0) is 12.7. The SMILES string of the molecule is Cc1cc(=O)[nH]c2ccc(NC(=O)C3CC3)cc12. The number of aromatic nitrogens is 1. The minimum atomic E-state index is -0.102. The van der Waals surface area contributed by atoms with Crippen LogP contribution >= 0.6 is 0 Å². The summed E-state index contributed by atoms with van der Waals surface area (Å²) in [6.07, 6.45) is 1.98. The van der Waals surface area contributed by atoms with Crippen LogP contribution < -0.4 is 10.9 Å². The Morgan fingerprint density at radius 2 is 2.11 bits per heavy atom. The number of hydrogen-bond acceptors (Lipinski definition) is 2. The lowest BCUT2D eigenvalue weighted by Crippen LogP contribution is -2.13. The molecule has 1 fully saturated rings. The molecule has 0 bridgehead atoms. The lowest BCUT2D eigenvalue weighted by molar-refractivity contribution is -0.117. The number of benzene rings is 1. The predicted octanol–water partition coefficient (Wildman–Crippen LogP) is 2.19. The first-order chi connectivity index (χ1) is 8.63. The van der Waals surface area contributed by atoms with Gasteiger partial charge in [0.25, 0.3) is 0 Å². The Morgan fingerprint density at radius 3 is 2.83 bits per heavy atom. The zero-order valence-corrected chi connectivity index (χ0v) is 10.1. The number of pyridine rings is 1. The van der Waals surface area contributed by atoms with Crippen molar-refractivity contribution in [3.8, 4) is 0 Å². The van der Waals surface area contributed by atoms with Crippen LogP contribution in [0, 0.1) is 12.8 Å². The van der Waals surface area contributed by atoms with Crippen molar-refractivity contribution in [2.45, 2.75) is 19.8 Å². The van der Waals surface area contributed by atoms with Gasteiger partial charge in [-0.15, -0.1) is 0 Å². The summed E-state index contributed by atoms with van der Waals surface area (Å²) in [6.45, 7) is 1.89. The van der Waals surface area contributed by atoms with Crippen LogP contribution in [0.5, 0.6) is 0 Å². The molecule has 1 aromatic carbocycles.